The fraction of sp³-hybridized carbons (Fsp3) is 0.526. The molecule has 1 aliphatic rings. The summed E-state index contributed by atoms with van der Waals surface area (Å²) in [7, 11) is 1.29. The van der Waals surface area contributed by atoms with E-state index in [2.05, 4.69) is 5.32 Å². The van der Waals surface area contributed by atoms with Gasteiger partial charge >= 0.3 is 12.1 Å². The number of nitrogens with one attached hydrogen (secondary N) is 1. The van der Waals surface area contributed by atoms with E-state index in [-0.39, 0.29) is 17.5 Å². The first-order valence-electron chi connectivity index (χ1n) is 8.67. The van der Waals surface area contributed by atoms with E-state index in [9.17, 15) is 14.4 Å². The molecule has 26 heavy (non-hydrogen) atoms. The lowest BCUT2D eigenvalue weighted by atomic mass is 10.0. The first-order valence-corrected chi connectivity index (χ1v) is 8.67. The van der Waals surface area contributed by atoms with Crippen molar-refractivity contribution in [2.75, 3.05) is 20.2 Å². The molecular weight excluding hydrogens is 336 g/mol. The van der Waals surface area contributed by atoms with Crippen LogP contribution in [-0.4, -0.2) is 54.7 Å². The Morgan fingerprint density at radius 1 is 1.08 bits per heavy atom. The number of ether oxygens (including phenoxy) is 2. The summed E-state index contributed by atoms with van der Waals surface area (Å²) >= 11 is 0. The summed E-state index contributed by atoms with van der Waals surface area (Å²) in [5.74, 6) is -0.739. The molecule has 2 rings (SSSR count). The highest BCUT2D eigenvalue weighted by Gasteiger charge is 2.28. The maximum atomic E-state index is 12.8. The molecule has 0 saturated carbocycles. The van der Waals surface area contributed by atoms with Crippen LogP contribution >= 0.6 is 0 Å². The molecule has 0 spiro atoms. The monoisotopic (exact) mass is 362 g/mol. The van der Waals surface area contributed by atoms with Gasteiger partial charge in [-0.2, -0.15) is 0 Å². The molecule has 0 unspecified atom stereocenters. The summed E-state index contributed by atoms with van der Waals surface area (Å²) in [5.41, 5.74) is 0.0464. The number of piperidine rings is 1. The number of esters is 1. The van der Waals surface area contributed by atoms with Gasteiger partial charge in [-0.3, -0.25) is 4.79 Å². The van der Waals surface area contributed by atoms with Crippen LogP contribution in [0.5, 0.6) is 0 Å². The highest BCUT2D eigenvalue weighted by molar-refractivity contribution is 6.05. The van der Waals surface area contributed by atoms with Crippen molar-refractivity contribution in [1.82, 2.24) is 10.2 Å². The van der Waals surface area contributed by atoms with Gasteiger partial charge in [-0.05, 0) is 45.7 Å². The van der Waals surface area contributed by atoms with Gasteiger partial charge in [-0.25, -0.2) is 9.59 Å². The maximum absolute atomic E-state index is 12.8. The fourth-order valence-electron chi connectivity index (χ4n) is 2.83. The van der Waals surface area contributed by atoms with E-state index in [0.717, 1.165) is 0 Å². The molecule has 2 amide bonds. The Hall–Kier alpha value is -2.57. The van der Waals surface area contributed by atoms with Crippen LogP contribution in [0.3, 0.4) is 0 Å². The molecule has 7 nitrogen and oxygen atoms in total. The van der Waals surface area contributed by atoms with Crippen molar-refractivity contribution in [1.29, 1.82) is 0 Å². The van der Waals surface area contributed by atoms with E-state index in [1.54, 1.807) is 29.2 Å². The first kappa shape index (κ1) is 19.8. The summed E-state index contributed by atoms with van der Waals surface area (Å²) in [6.45, 7) is 6.43. The highest BCUT2D eigenvalue weighted by atomic mass is 16.6. The normalized spacial score (nSPS) is 15.3. The van der Waals surface area contributed by atoms with Gasteiger partial charge in [0.25, 0.3) is 5.91 Å². The average Bonchev–Trinajstić information content (AvgIpc) is 2.59. The van der Waals surface area contributed by atoms with Gasteiger partial charge in [0, 0.05) is 19.1 Å². The molecule has 1 aromatic rings. The van der Waals surface area contributed by atoms with E-state index < -0.39 is 17.7 Å². The summed E-state index contributed by atoms with van der Waals surface area (Å²) in [5, 5.41) is 2.84. The second-order valence-corrected chi connectivity index (χ2v) is 7.25. The number of methoxy groups -OCH3 is 1. The maximum Gasteiger partial charge on any atom is 0.407 e. The standard InChI is InChI=1S/C19H26N2O5/c1-19(2,3)26-18(24)20-13-9-11-21(12-10-13)16(22)14-7-5-6-8-15(14)17(23)25-4/h5-8,13H,9-12H2,1-4H3,(H,20,24). The second kappa shape index (κ2) is 8.21. The molecule has 0 radical (unpaired) electrons. The third-order valence-corrected chi connectivity index (χ3v) is 4.07. The summed E-state index contributed by atoms with van der Waals surface area (Å²) in [6.07, 6.45) is 0.815. The van der Waals surface area contributed by atoms with Crippen LogP contribution in [0.2, 0.25) is 0 Å². The minimum atomic E-state index is -0.543. The zero-order chi connectivity index (χ0) is 19.3. The molecule has 0 bridgehead atoms. The molecule has 1 saturated heterocycles. The Bertz CT molecular complexity index is 673. The lowest BCUT2D eigenvalue weighted by Gasteiger charge is -2.33. The number of benzene rings is 1. The van der Waals surface area contributed by atoms with Gasteiger partial charge in [0.1, 0.15) is 5.60 Å². The topological polar surface area (TPSA) is 84.9 Å². The van der Waals surface area contributed by atoms with Crippen molar-refractivity contribution >= 4 is 18.0 Å². The van der Waals surface area contributed by atoms with Crippen molar-refractivity contribution in [3.63, 3.8) is 0 Å². The summed E-state index contributed by atoms with van der Waals surface area (Å²) in [6, 6.07) is 6.58. The molecule has 1 heterocycles. The Kier molecular flexibility index (Phi) is 6.23. The number of likely N-dealkylation sites (tertiary alicyclic amines) is 1. The van der Waals surface area contributed by atoms with Crippen LogP contribution in [0.1, 0.15) is 54.3 Å². The molecule has 0 atom stereocenters. The van der Waals surface area contributed by atoms with Crippen LogP contribution in [0, 0.1) is 0 Å². The Labute approximate surface area is 153 Å². The average molecular weight is 362 g/mol. The third kappa shape index (κ3) is 5.21. The molecular formula is C19H26N2O5. The number of rotatable bonds is 3. The van der Waals surface area contributed by atoms with Crippen LogP contribution in [0.4, 0.5) is 4.79 Å². The Morgan fingerprint density at radius 3 is 2.19 bits per heavy atom. The van der Waals surface area contributed by atoms with Crippen molar-refractivity contribution < 1.29 is 23.9 Å². The predicted octanol–water partition coefficient (Wildman–Crippen LogP) is 2.60. The zero-order valence-electron chi connectivity index (χ0n) is 15.7. The van der Waals surface area contributed by atoms with Crippen molar-refractivity contribution in [3.05, 3.63) is 35.4 Å². The number of alkyl carbamates (subject to hydrolysis) is 1. The third-order valence-electron chi connectivity index (χ3n) is 4.07. The Morgan fingerprint density at radius 2 is 1.65 bits per heavy atom. The number of carbonyl (C=O) groups excluding carboxylic acids is 3. The zero-order valence-corrected chi connectivity index (χ0v) is 15.7. The lowest BCUT2D eigenvalue weighted by Crippen LogP contribution is -2.47. The van der Waals surface area contributed by atoms with Gasteiger partial charge in [-0.15, -0.1) is 0 Å². The SMILES string of the molecule is COC(=O)c1ccccc1C(=O)N1CCC(NC(=O)OC(C)(C)C)CC1. The van der Waals surface area contributed by atoms with Crippen LogP contribution in [0.15, 0.2) is 24.3 Å². The van der Waals surface area contributed by atoms with Gasteiger partial charge < -0.3 is 19.7 Å². The number of amides is 2. The highest BCUT2D eigenvalue weighted by Crippen LogP contribution is 2.18. The molecule has 142 valence electrons. The molecule has 1 fully saturated rings. The van der Waals surface area contributed by atoms with E-state index >= 15 is 0 Å². The summed E-state index contributed by atoms with van der Waals surface area (Å²) < 4.78 is 10.0. The van der Waals surface area contributed by atoms with E-state index in [4.69, 9.17) is 9.47 Å². The smallest absolute Gasteiger partial charge is 0.407 e. The Balaban J connectivity index is 1.95. The second-order valence-electron chi connectivity index (χ2n) is 7.25. The number of carbonyl (C=O) groups is 3. The molecule has 0 aromatic heterocycles. The summed E-state index contributed by atoms with van der Waals surface area (Å²) in [4.78, 5) is 38.2. The van der Waals surface area contributed by atoms with Gasteiger partial charge in [-0.1, -0.05) is 12.1 Å². The largest absolute Gasteiger partial charge is 0.465 e. The fourth-order valence-corrected chi connectivity index (χ4v) is 2.83. The van der Waals surface area contributed by atoms with Gasteiger partial charge in [0.2, 0.25) is 0 Å². The van der Waals surface area contributed by atoms with Gasteiger partial charge in [0.05, 0.1) is 18.2 Å². The number of hydrogen-bond acceptors (Lipinski definition) is 5. The van der Waals surface area contributed by atoms with E-state index in [1.807, 2.05) is 20.8 Å². The quantitative estimate of drug-likeness (QED) is 0.836. The molecule has 1 N–H and O–H groups in total. The van der Waals surface area contributed by atoms with Crippen molar-refractivity contribution in [2.24, 2.45) is 0 Å². The minimum Gasteiger partial charge on any atom is -0.465 e. The first-order chi connectivity index (χ1) is 12.2. The van der Waals surface area contributed by atoms with E-state index in [0.29, 0.717) is 31.5 Å². The molecule has 1 aromatic carbocycles. The van der Waals surface area contributed by atoms with E-state index in [1.165, 1.54) is 7.11 Å². The molecule has 7 heteroatoms. The minimum absolute atomic E-state index is 0.0373. The van der Waals surface area contributed by atoms with Crippen LogP contribution in [0.25, 0.3) is 0 Å². The van der Waals surface area contributed by atoms with Crippen molar-refractivity contribution in [3.8, 4) is 0 Å². The predicted molar refractivity (Wildman–Crippen MR) is 96.1 cm³/mol. The van der Waals surface area contributed by atoms with Gasteiger partial charge in [0.15, 0.2) is 0 Å². The van der Waals surface area contributed by atoms with Crippen LogP contribution in [-0.2, 0) is 9.47 Å². The number of hydrogen-bond donors (Lipinski definition) is 1. The van der Waals surface area contributed by atoms with Crippen LogP contribution < -0.4 is 5.32 Å². The molecule has 1 aliphatic heterocycles. The number of nitrogens with zero attached hydrogens (tertiary/aromatic N) is 1. The lowest BCUT2D eigenvalue weighted by molar-refractivity contribution is 0.0470. The van der Waals surface area contributed by atoms with Crippen molar-refractivity contribution in [2.45, 2.75) is 45.3 Å². The molecule has 0 aliphatic carbocycles.